The van der Waals surface area contributed by atoms with E-state index in [0.29, 0.717) is 0 Å². The van der Waals surface area contributed by atoms with E-state index < -0.39 is 0 Å². The minimum absolute atomic E-state index is 0.0293. The average molecular weight is 263 g/mol. The van der Waals surface area contributed by atoms with Crippen molar-refractivity contribution in [2.45, 2.75) is 33.2 Å². The fourth-order valence-corrected chi connectivity index (χ4v) is 2.17. The van der Waals surface area contributed by atoms with Gasteiger partial charge in [0.1, 0.15) is 12.1 Å². The van der Waals surface area contributed by atoms with Gasteiger partial charge < -0.3 is 10.4 Å². The summed E-state index contributed by atoms with van der Waals surface area (Å²) in [5.74, 6) is 0.724. The summed E-state index contributed by atoms with van der Waals surface area (Å²) in [6.07, 6.45) is 4.11. The molecule has 2 aromatic rings. The van der Waals surface area contributed by atoms with Crippen molar-refractivity contribution >= 4 is 16.9 Å². The Bertz CT molecular complexity index is 558. The van der Waals surface area contributed by atoms with Crippen LogP contribution in [-0.4, -0.2) is 37.5 Å². The van der Waals surface area contributed by atoms with Crippen LogP contribution < -0.4 is 5.32 Å². The molecule has 0 aliphatic carbocycles. The first kappa shape index (κ1) is 13.7. The number of aryl methyl sites for hydroxylation is 1. The van der Waals surface area contributed by atoms with Gasteiger partial charge in [-0.25, -0.2) is 9.97 Å². The van der Waals surface area contributed by atoms with Gasteiger partial charge in [-0.05, 0) is 11.8 Å². The third-order valence-corrected chi connectivity index (χ3v) is 2.95. The molecule has 0 aliphatic rings. The standard InChI is InChI=1S/C13H21N5O/c1-13(2,3)5-9(7-19)17-11-10-6-16-18(4)12(10)15-8-14-11/h6,8-9,19H,5,7H2,1-4H3,(H,14,15,17). The Balaban J connectivity index is 2.24. The molecule has 6 heteroatoms. The molecule has 19 heavy (non-hydrogen) atoms. The normalized spacial score (nSPS) is 13.7. The summed E-state index contributed by atoms with van der Waals surface area (Å²) in [6.45, 7) is 6.52. The van der Waals surface area contributed by atoms with Crippen LogP contribution in [0.3, 0.4) is 0 Å². The van der Waals surface area contributed by atoms with Crippen molar-refractivity contribution in [3.8, 4) is 0 Å². The maximum atomic E-state index is 9.50. The maximum absolute atomic E-state index is 9.50. The lowest BCUT2D eigenvalue weighted by atomic mass is 9.88. The van der Waals surface area contributed by atoms with Crippen molar-refractivity contribution in [1.82, 2.24) is 19.7 Å². The van der Waals surface area contributed by atoms with Crippen molar-refractivity contribution in [3.05, 3.63) is 12.5 Å². The highest BCUT2D eigenvalue weighted by atomic mass is 16.3. The molecule has 104 valence electrons. The zero-order valence-electron chi connectivity index (χ0n) is 11.9. The number of fused-ring (bicyclic) bond motifs is 1. The van der Waals surface area contributed by atoms with E-state index in [4.69, 9.17) is 0 Å². The Labute approximate surface area is 112 Å². The van der Waals surface area contributed by atoms with Crippen LogP contribution in [0.5, 0.6) is 0 Å². The smallest absolute Gasteiger partial charge is 0.163 e. The molecule has 2 heterocycles. The number of nitrogens with one attached hydrogen (secondary N) is 1. The highest BCUT2D eigenvalue weighted by molar-refractivity contribution is 5.86. The minimum atomic E-state index is -0.0293. The summed E-state index contributed by atoms with van der Waals surface area (Å²) in [5, 5.41) is 17.8. The fraction of sp³-hybridized carbons (Fsp3) is 0.615. The molecule has 1 atom stereocenters. The first-order valence-corrected chi connectivity index (χ1v) is 6.41. The van der Waals surface area contributed by atoms with Gasteiger partial charge in [0.05, 0.1) is 24.2 Å². The zero-order valence-corrected chi connectivity index (χ0v) is 11.9. The van der Waals surface area contributed by atoms with Crippen molar-refractivity contribution in [2.24, 2.45) is 12.5 Å². The van der Waals surface area contributed by atoms with Gasteiger partial charge in [0.25, 0.3) is 0 Å². The van der Waals surface area contributed by atoms with Gasteiger partial charge >= 0.3 is 0 Å². The molecule has 2 rings (SSSR count). The van der Waals surface area contributed by atoms with E-state index >= 15 is 0 Å². The lowest BCUT2D eigenvalue weighted by Crippen LogP contribution is -2.29. The SMILES string of the molecule is Cn1ncc2c(NC(CO)CC(C)(C)C)ncnc21. The van der Waals surface area contributed by atoms with Crippen molar-refractivity contribution in [3.63, 3.8) is 0 Å². The van der Waals surface area contributed by atoms with Crippen LogP contribution in [0.4, 0.5) is 5.82 Å². The monoisotopic (exact) mass is 263 g/mol. The van der Waals surface area contributed by atoms with Crippen LogP contribution in [0.15, 0.2) is 12.5 Å². The molecule has 0 aliphatic heterocycles. The van der Waals surface area contributed by atoms with E-state index in [1.165, 1.54) is 6.33 Å². The Morgan fingerprint density at radius 1 is 1.37 bits per heavy atom. The first-order valence-electron chi connectivity index (χ1n) is 6.41. The Hall–Kier alpha value is -1.69. The molecule has 2 aromatic heterocycles. The molecule has 0 amide bonds. The van der Waals surface area contributed by atoms with Crippen molar-refractivity contribution in [2.75, 3.05) is 11.9 Å². The maximum Gasteiger partial charge on any atom is 0.163 e. The van der Waals surface area contributed by atoms with E-state index in [0.717, 1.165) is 23.3 Å². The van der Waals surface area contributed by atoms with Crippen molar-refractivity contribution in [1.29, 1.82) is 0 Å². The van der Waals surface area contributed by atoms with E-state index in [-0.39, 0.29) is 18.1 Å². The lowest BCUT2D eigenvalue weighted by molar-refractivity contribution is 0.233. The molecule has 1 unspecified atom stereocenters. The molecular formula is C13H21N5O. The number of anilines is 1. The van der Waals surface area contributed by atoms with Crippen LogP contribution in [0.25, 0.3) is 11.0 Å². The molecule has 0 saturated carbocycles. The van der Waals surface area contributed by atoms with E-state index in [1.54, 1.807) is 10.9 Å². The predicted octanol–water partition coefficient (Wildman–Crippen LogP) is 1.57. The zero-order chi connectivity index (χ0) is 14.0. The second kappa shape index (κ2) is 5.13. The number of rotatable bonds is 4. The summed E-state index contributed by atoms with van der Waals surface area (Å²) in [5.41, 5.74) is 0.923. The summed E-state index contributed by atoms with van der Waals surface area (Å²) in [7, 11) is 1.85. The van der Waals surface area contributed by atoms with E-state index in [2.05, 4.69) is 41.2 Å². The lowest BCUT2D eigenvalue weighted by Gasteiger charge is -2.25. The largest absolute Gasteiger partial charge is 0.394 e. The van der Waals surface area contributed by atoms with Crippen LogP contribution in [0, 0.1) is 5.41 Å². The molecule has 0 radical (unpaired) electrons. The number of hydrogen-bond donors (Lipinski definition) is 2. The van der Waals surface area contributed by atoms with E-state index in [9.17, 15) is 5.11 Å². The van der Waals surface area contributed by atoms with Gasteiger partial charge in [-0.1, -0.05) is 20.8 Å². The topological polar surface area (TPSA) is 75.9 Å². The van der Waals surface area contributed by atoms with Gasteiger partial charge in [0.2, 0.25) is 0 Å². The highest BCUT2D eigenvalue weighted by Crippen LogP contribution is 2.24. The summed E-state index contributed by atoms with van der Waals surface area (Å²) in [6, 6.07) is -0.0293. The number of aliphatic hydroxyl groups excluding tert-OH is 1. The second-order valence-corrected chi connectivity index (χ2v) is 6.02. The van der Waals surface area contributed by atoms with Gasteiger partial charge in [0.15, 0.2) is 5.65 Å². The third kappa shape index (κ3) is 3.20. The number of nitrogens with zero attached hydrogens (tertiary/aromatic N) is 4. The van der Waals surface area contributed by atoms with Crippen LogP contribution >= 0.6 is 0 Å². The molecule has 0 aromatic carbocycles. The Morgan fingerprint density at radius 3 is 2.74 bits per heavy atom. The molecule has 2 N–H and O–H groups in total. The third-order valence-electron chi connectivity index (χ3n) is 2.95. The summed E-state index contributed by atoms with van der Waals surface area (Å²) < 4.78 is 1.71. The van der Waals surface area contributed by atoms with Crippen LogP contribution in [0.1, 0.15) is 27.2 Å². The van der Waals surface area contributed by atoms with Gasteiger partial charge in [-0.15, -0.1) is 0 Å². The second-order valence-electron chi connectivity index (χ2n) is 6.02. The van der Waals surface area contributed by atoms with Crippen molar-refractivity contribution < 1.29 is 5.11 Å². The summed E-state index contributed by atoms with van der Waals surface area (Å²) >= 11 is 0. The highest BCUT2D eigenvalue weighted by Gasteiger charge is 2.19. The average Bonchev–Trinajstić information content (AvgIpc) is 2.70. The van der Waals surface area contributed by atoms with Gasteiger partial charge in [-0.2, -0.15) is 5.10 Å². The number of hydrogen-bond acceptors (Lipinski definition) is 5. The fourth-order valence-electron chi connectivity index (χ4n) is 2.17. The molecule has 0 spiro atoms. The Morgan fingerprint density at radius 2 is 2.11 bits per heavy atom. The van der Waals surface area contributed by atoms with Gasteiger partial charge in [0, 0.05) is 7.05 Å². The Kier molecular flexibility index (Phi) is 3.71. The van der Waals surface area contributed by atoms with Gasteiger partial charge in [-0.3, -0.25) is 4.68 Å². The van der Waals surface area contributed by atoms with Crippen LogP contribution in [0.2, 0.25) is 0 Å². The molecular weight excluding hydrogens is 242 g/mol. The molecule has 0 bridgehead atoms. The molecule has 0 saturated heterocycles. The van der Waals surface area contributed by atoms with E-state index in [1.807, 2.05) is 7.05 Å². The number of aromatic nitrogens is 4. The van der Waals surface area contributed by atoms with Crippen LogP contribution in [-0.2, 0) is 7.05 Å². The minimum Gasteiger partial charge on any atom is -0.394 e. The predicted molar refractivity (Wildman–Crippen MR) is 74.9 cm³/mol. The first-order chi connectivity index (χ1) is 8.90. The number of aliphatic hydroxyl groups is 1. The summed E-state index contributed by atoms with van der Waals surface area (Å²) in [4.78, 5) is 8.45. The molecule has 6 nitrogen and oxygen atoms in total. The quantitative estimate of drug-likeness (QED) is 0.875. The molecule has 0 fully saturated rings.